The molecular formula is C14H24N4. The molecule has 0 aliphatic heterocycles. The zero-order chi connectivity index (χ0) is 13.0. The predicted molar refractivity (Wildman–Crippen MR) is 73.9 cm³/mol. The van der Waals surface area contributed by atoms with E-state index in [1.807, 2.05) is 0 Å². The highest BCUT2D eigenvalue weighted by molar-refractivity contribution is 5.24. The summed E-state index contributed by atoms with van der Waals surface area (Å²) in [5.74, 6) is 2.17. The molecule has 1 aliphatic carbocycles. The highest BCUT2D eigenvalue weighted by atomic mass is 15.0. The number of nitrogens with two attached hydrogens (primary N) is 1. The molecular weight excluding hydrogens is 224 g/mol. The standard InChI is InChI=1S/C14H24N4/c1-14(2,11-5-3-4-6-11)10-16-9-13-17-8-7-12(15)18-13/h7-8,11,16H,3-6,9-10H2,1-2H3,(H2,15,17,18). The lowest BCUT2D eigenvalue weighted by Gasteiger charge is -2.31. The Bertz CT molecular complexity index is 383. The maximum Gasteiger partial charge on any atom is 0.144 e. The minimum absolute atomic E-state index is 0.358. The smallest absolute Gasteiger partial charge is 0.144 e. The van der Waals surface area contributed by atoms with Crippen LogP contribution in [0.4, 0.5) is 5.82 Å². The number of hydrogen-bond acceptors (Lipinski definition) is 4. The third-order valence-corrected chi connectivity index (χ3v) is 4.05. The Morgan fingerprint density at radius 3 is 2.78 bits per heavy atom. The zero-order valence-electron chi connectivity index (χ0n) is 11.4. The molecule has 2 rings (SSSR count). The van der Waals surface area contributed by atoms with Crippen molar-refractivity contribution < 1.29 is 0 Å². The first-order chi connectivity index (χ1) is 8.58. The second kappa shape index (κ2) is 5.65. The second-order valence-electron chi connectivity index (χ2n) is 5.97. The third-order valence-electron chi connectivity index (χ3n) is 4.05. The van der Waals surface area contributed by atoms with Crippen LogP contribution in [0.5, 0.6) is 0 Å². The fraction of sp³-hybridized carbons (Fsp3) is 0.714. The maximum atomic E-state index is 5.64. The lowest BCUT2D eigenvalue weighted by Crippen LogP contribution is -2.34. The van der Waals surface area contributed by atoms with E-state index in [4.69, 9.17) is 5.73 Å². The summed E-state index contributed by atoms with van der Waals surface area (Å²) in [6.07, 6.45) is 7.26. The number of hydrogen-bond donors (Lipinski definition) is 2. The van der Waals surface area contributed by atoms with Crippen molar-refractivity contribution in [3.63, 3.8) is 0 Å². The van der Waals surface area contributed by atoms with Gasteiger partial charge in [-0.1, -0.05) is 26.7 Å². The molecule has 18 heavy (non-hydrogen) atoms. The molecule has 100 valence electrons. The van der Waals surface area contributed by atoms with Crippen LogP contribution in [-0.4, -0.2) is 16.5 Å². The fourth-order valence-corrected chi connectivity index (χ4v) is 2.85. The molecule has 0 spiro atoms. The zero-order valence-corrected chi connectivity index (χ0v) is 11.4. The van der Waals surface area contributed by atoms with Gasteiger partial charge in [0.2, 0.25) is 0 Å². The summed E-state index contributed by atoms with van der Waals surface area (Å²) in [4.78, 5) is 8.40. The molecule has 4 nitrogen and oxygen atoms in total. The number of nitrogen functional groups attached to an aromatic ring is 1. The van der Waals surface area contributed by atoms with Gasteiger partial charge in [0, 0.05) is 12.7 Å². The normalized spacial score (nSPS) is 17.2. The third kappa shape index (κ3) is 3.42. The first kappa shape index (κ1) is 13.3. The Morgan fingerprint density at radius 1 is 1.39 bits per heavy atom. The van der Waals surface area contributed by atoms with Gasteiger partial charge in [-0.3, -0.25) is 0 Å². The molecule has 4 heteroatoms. The van der Waals surface area contributed by atoms with Gasteiger partial charge >= 0.3 is 0 Å². The predicted octanol–water partition coefficient (Wildman–Crippen LogP) is 2.36. The van der Waals surface area contributed by atoms with Gasteiger partial charge in [-0.05, 0) is 30.2 Å². The van der Waals surface area contributed by atoms with E-state index >= 15 is 0 Å². The molecule has 0 unspecified atom stereocenters. The van der Waals surface area contributed by atoms with Gasteiger partial charge in [0.1, 0.15) is 11.6 Å². The summed E-state index contributed by atoms with van der Waals surface area (Å²) in [7, 11) is 0. The first-order valence-electron chi connectivity index (χ1n) is 6.86. The van der Waals surface area contributed by atoms with Crippen LogP contribution in [0, 0.1) is 11.3 Å². The van der Waals surface area contributed by atoms with Crippen LogP contribution >= 0.6 is 0 Å². The van der Waals surface area contributed by atoms with E-state index in [1.54, 1.807) is 12.3 Å². The maximum absolute atomic E-state index is 5.64. The summed E-state index contributed by atoms with van der Waals surface area (Å²) in [6, 6.07) is 1.71. The highest BCUT2D eigenvalue weighted by Gasteiger charge is 2.31. The van der Waals surface area contributed by atoms with Crippen molar-refractivity contribution in [2.45, 2.75) is 46.1 Å². The number of anilines is 1. The van der Waals surface area contributed by atoms with Crippen molar-refractivity contribution in [1.29, 1.82) is 0 Å². The summed E-state index contributed by atoms with van der Waals surface area (Å²) in [5, 5.41) is 3.47. The van der Waals surface area contributed by atoms with Crippen molar-refractivity contribution in [3.05, 3.63) is 18.1 Å². The van der Waals surface area contributed by atoms with Gasteiger partial charge in [-0.2, -0.15) is 0 Å². The van der Waals surface area contributed by atoms with E-state index < -0.39 is 0 Å². The quantitative estimate of drug-likeness (QED) is 0.839. The van der Waals surface area contributed by atoms with Crippen LogP contribution in [0.1, 0.15) is 45.4 Å². The Kier molecular flexibility index (Phi) is 4.17. The van der Waals surface area contributed by atoms with Crippen LogP contribution in [-0.2, 0) is 6.54 Å². The molecule has 1 saturated carbocycles. The van der Waals surface area contributed by atoms with Crippen LogP contribution in [0.3, 0.4) is 0 Å². The van der Waals surface area contributed by atoms with Crippen molar-refractivity contribution in [1.82, 2.24) is 15.3 Å². The van der Waals surface area contributed by atoms with E-state index in [0.29, 0.717) is 17.8 Å². The number of rotatable bonds is 5. The summed E-state index contributed by atoms with van der Waals surface area (Å²) in [5.41, 5.74) is 5.99. The van der Waals surface area contributed by atoms with Gasteiger partial charge in [-0.15, -0.1) is 0 Å². The number of nitrogens with zero attached hydrogens (tertiary/aromatic N) is 2. The van der Waals surface area contributed by atoms with Crippen molar-refractivity contribution >= 4 is 5.82 Å². The number of aromatic nitrogens is 2. The van der Waals surface area contributed by atoms with E-state index in [2.05, 4.69) is 29.1 Å². The second-order valence-corrected chi connectivity index (χ2v) is 5.97. The van der Waals surface area contributed by atoms with Crippen LogP contribution in [0.2, 0.25) is 0 Å². The van der Waals surface area contributed by atoms with Crippen molar-refractivity contribution in [3.8, 4) is 0 Å². The minimum Gasteiger partial charge on any atom is -0.384 e. The summed E-state index contributed by atoms with van der Waals surface area (Å²) >= 11 is 0. The SMILES string of the molecule is CC(C)(CNCc1nccc(N)n1)C1CCCC1. The average Bonchev–Trinajstić information content (AvgIpc) is 2.83. The fourth-order valence-electron chi connectivity index (χ4n) is 2.85. The van der Waals surface area contributed by atoms with E-state index in [1.165, 1.54) is 25.7 Å². The first-order valence-corrected chi connectivity index (χ1v) is 6.86. The molecule has 0 aromatic carbocycles. The van der Waals surface area contributed by atoms with Gasteiger partial charge in [-0.25, -0.2) is 9.97 Å². The average molecular weight is 248 g/mol. The lowest BCUT2D eigenvalue weighted by molar-refractivity contribution is 0.207. The van der Waals surface area contributed by atoms with Crippen LogP contribution < -0.4 is 11.1 Å². The molecule has 3 N–H and O–H groups in total. The summed E-state index contributed by atoms with van der Waals surface area (Å²) < 4.78 is 0. The molecule has 1 aliphatic rings. The van der Waals surface area contributed by atoms with E-state index in [9.17, 15) is 0 Å². The Labute approximate surface area is 109 Å². The van der Waals surface area contributed by atoms with Gasteiger partial charge in [0.15, 0.2) is 0 Å². The topological polar surface area (TPSA) is 63.8 Å². The molecule has 1 aromatic heterocycles. The molecule has 0 saturated heterocycles. The van der Waals surface area contributed by atoms with Gasteiger partial charge in [0.25, 0.3) is 0 Å². The Balaban J connectivity index is 1.80. The molecule has 0 atom stereocenters. The molecule has 0 bridgehead atoms. The lowest BCUT2D eigenvalue weighted by atomic mass is 9.78. The van der Waals surface area contributed by atoms with Crippen LogP contribution in [0.25, 0.3) is 0 Å². The van der Waals surface area contributed by atoms with Crippen molar-refractivity contribution in [2.75, 3.05) is 12.3 Å². The molecule has 1 aromatic rings. The largest absolute Gasteiger partial charge is 0.384 e. The Hall–Kier alpha value is -1.16. The number of nitrogens with one attached hydrogen (secondary N) is 1. The Morgan fingerprint density at radius 2 is 2.11 bits per heavy atom. The summed E-state index contributed by atoms with van der Waals surface area (Å²) in [6.45, 7) is 6.42. The highest BCUT2D eigenvalue weighted by Crippen LogP contribution is 2.38. The minimum atomic E-state index is 0.358. The van der Waals surface area contributed by atoms with Crippen LogP contribution in [0.15, 0.2) is 12.3 Å². The monoisotopic (exact) mass is 248 g/mol. The van der Waals surface area contributed by atoms with E-state index in [-0.39, 0.29) is 0 Å². The molecule has 0 amide bonds. The van der Waals surface area contributed by atoms with Gasteiger partial charge < -0.3 is 11.1 Å². The van der Waals surface area contributed by atoms with Gasteiger partial charge in [0.05, 0.1) is 6.54 Å². The molecule has 0 radical (unpaired) electrons. The molecule has 1 heterocycles. The van der Waals surface area contributed by atoms with E-state index in [0.717, 1.165) is 18.3 Å². The molecule has 1 fully saturated rings. The van der Waals surface area contributed by atoms with Crippen molar-refractivity contribution in [2.24, 2.45) is 11.3 Å².